The SMILES string of the molecule is Nc1cc(N)[n+](N)c(SCC2=C(C(=O)O)N3C(=O)C(N)C3SC2)n1. The minimum Gasteiger partial charge on any atom is -0.477 e. The van der Waals surface area contributed by atoms with Gasteiger partial charge in [0.25, 0.3) is 0 Å². The van der Waals surface area contributed by atoms with Crippen LogP contribution in [-0.2, 0) is 9.59 Å². The van der Waals surface area contributed by atoms with Gasteiger partial charge in [-0.05, 0) is 17.3 Å². The molecule has 2 unspecified atom stereocenters. The zero-order valence-corrected chi connectivity index (χ0v) is 14.0. The average molecular weight is 370 g/mol. The number of amides is 1. The fraction of sp³-hybridized carbons (Fsp3) is 0.333. The van der Waals surface area contributed by atoms with Gasteiger partial charge in [0.2, 0.25) is 17.5 Å². The zero-order chi connectivity index (χ0) is 17.6. The number of nitrogens with zero attached hydrogens (tertiary/aromatic N) is 3. The number of aromatic nitrogens is 2. The number of anilines is 2. The Balaban J connectivity index is 1.86. The van der Waals surface area contributed by atoms with Crippen LogP contribution >= 0.6 is 23.5 Å². The molecule has 24 heavy (non-hydrogen) atoms. The molecule has 0 spiro atoms. The number of aliphatic carboxylic acids is 1. The monoisotopic (exact) mass is 370 g/mol. The van der Waals surface area contributed by atoms with Crippen LogP contribution < -0.4 is 27.7 Å². The van der Waals surface area contributed by atoms with Crippen LogP contribution in [0.3, 0.4) is 0 Å². The van der Waals surface area contributed by atoms with Gasteiger partial charge in [-0.3, -0.25) is 15.5 Å². The first-order chi connectivity index (χ1) is 11.3. The van der Waals surface area contributed by atoms with E-state index in [9.17, 15) is 14.7 Å². The smallest absolute Gasteiger partial charge is 0.352 e. The highest BCUT2D eigenvalue weighted by Gasteiger charge is 2.51. The Labute approximate surface area is 145 Å². The second kappa shape index (κ2) is 6.03. The quantitative estimate of drug-likeness (QED) is 0.130. The van der Waals surface area contributed by atoms with Crippen LogP contribution in [-0.4, -0.2) is 49.8 Å². The third kappa shape index (κ3) is 2.61. The first-order valence-corrected chi connectivity index (χ1v) is 8.86. The van der Waals surface area contributed by atoms with Crippen LogP contribution in [0.25, 0.3) is 0 Å². The first-order valence-electron chi connectivity index (χ1n) is 6.82. The number of carbonyl (C=O) groups is 2. The summed E-state index contributed by atoms with van der Waals surface area (Å²) < 4.78 is 1.17. The molecule has 2 aliphatic rings. The van der Waals surface area contributed by atoms with Crippen molar-refractivity contribution in [2.75, 3.05) is 28.8 Å². The normalized spacial score (nSPS) is 23.0. The molecule has 2 atom stereocenters. The van der Waals surface area contributed by atoms with Crippen molar-refractivity contribution in [3.05, 3.63) is 17.3 Å². The predicted molar refractivity (Wildman–Crippen MR) is 89.9 cm³/mol. The molecule has 1 fully saturated rings. The molecule has 0 aromatic carbocycles. The number of carboxylic acids is 1. The van der Waals surface area contributed by atoms with Crippen LogP contribution in [0.1, 0.15) is 0 Å². The summed E-state index contributed by atoms with van der Waals surface area (Å²) in [5.41, 5.74) is 17.7. The molecule has 10 nitrogen and oxygen atoms in total. The van der Waals surface area contributed by atoms with E-state index in [4.69, 9.17) is 23.0 Å². The van der Waals surface area contributed by atoms with Crippen molar-refractivity contribution in [2.45, 2.75) is 16.6 Å². The highest BCUT2D eigenvalue weighted by molar-refractivity contribution is 8.01. The summed E-state index contributed by atoms with van der Waals surface area (Å²) in [6, 6.07) is 0.771. The minimum atomic E-state index is -1.16. The average Bonchev–Trinajstić information content (AvgIpc) is 2.54. The van der Waals surface area contributed by atoms with Gasteiger partial charge >= 0.3 is 11.1 Å². The highest BCUT2D eigenvalue weighted by Crippen LogP contribution is 2.40. The third-order valence-electron chi connectivity index (χ3n) is 3.67. The van der Waals surface area contributed by atoms with Crippen LogP contribution in [0.5, 0.6) is 0 Å². The van der Waals surface area contributed by atoms with Crippen molar-refractivity contribution in [1.82, 2.24) is 9.88 Å². The van der Waals surface area contributed by atoms with Crippen LogP contribution in [0.2, 0.25) is 0 Å². The van der Waals surface area contributed by atoms with Gasteiger partial charge in [-0.15, -0.1) is 16.4 Å². The molecule has 0 bridgehead atoms. The van der Waals surface area contributed by atoms with E-state index in [1.807, 2.05) is 0 Å². The van der Waals surface area contributed by atoms with Gasteiger partial charge in [0.15, 0.2) is 0 Å². The number of carbonyl (C=O) groups excluding carboxylic acids is 1. The number of fused-ring (bicyclic) bond motifs is 1. The third-order valence-corrected chi connectivity index (χ3v) is 6.07. The fourth-order valence-corrected chi connectivity index (χ4v) is 4.85. The van der Waals surface area contributed by atoms with Crippen molar-refractivity contribution in [3.63, 3.8) is 0 Å². The number of hydrogen-bond acceptors (Lipinski definition) is 9. The molecule has 0 saturated carbocycles. The summed E-state index contributed by atoms with van der Waals surface area (Å²) in [4.78, 5) is 28.8. The molecule has 1 aromatic rings. The molecule has 1 saturated heterocycles. The maximum Gasteiger partial charge on any atom is 0.352 e. The van der Waals surface area contributed by atoms with Crippen LogP contribution in [0.15, 0.2) is 22.5 Å². The van der Waals surface area contributed by atoms with Crippen molar-refractivity contribution < 1.29 is 19.4 Å². The van der Waals surface area contributed by atoms with Gasteiger partial charge in [-0.1, -0.05) is 4.98 Å². The molecule has 9 N–H and O–H groups in total. The highest BCUT2D eigenvalue weighted by atomic mass is 32.2. The molecule has 1 aromatic heterocycles. The molecular formula is C12H16N7O3S2+. The summed E-state index contributed by atoms with van der Waals surface area (Å²) in [6.45, 7) is 0. The fourth-order valence-electron chi connectivity index (χ4n) is 2.47. The largest absolute Gasteiger partial charge is 0.477 e. The molecule has 12 heteroatoms. The number of β-lactam (4-membered cyclic amide) rings is 1. The lowest BCUT2D eigenvalue weighted by atomic mass is 10.0. The molecular weight excluding hydrogens is 354 g/mol. The molecule has 2 aliphatic heterocycles. The molecule has 128 valence electrons. The molecule has 1 amide bonds. The van der Waals surface area contributed by atoms with Gasteiger partial charge in [-0.25, -0.2) is 4.79 Å². The van der Waals surface area contributed by atoms with Crippen molar-refractivity contribution in [2.24, 2.45) is 5.73 Å². The second-order valence-electron chi connectivity index (χ2n) is 5.24. The van der Waals surface area contributed by atoms with Gasteiger partial charge in [-0.2, -0.15) is 0 Å². The van der Waals surface area contributed by atoms with Gasteiger partial charge < -0.3 is 22.3 Å². The lowest BCUT2D eigenvalue weighted by Gasteiger charge is -2.48. The summed E-state index contributed by atoms with van der Waals surface area (Å²) >= 11 is 2.63. The summed E-state index contributed by atoms with van der Waals surface area (Å²) in [6.07, 6.45) is 0. The van der Waals surface area contributed by atoms with Crippen molar-refractivity contribution >= 4 is 47.0 Å². The molecule has 0 aliphatic carbocycles. The Bertz CT molecular complexity index is 769. The first kappa shape index (κ1) is 16.7. The number of nitrogen functional groups attached to an aromatic ring is 3. The lowest BCUT2D eigenvalue weighted by Crippen LogP contribution is -2.68. The van der Waals surface area contributed by atoms with Crippen molar-refractivity contribution in [1.29, 1.82) is 0 Å². The maximum absolute atomic E-state index is 11.9. The van der Waals surface area contributed by atoms with Crippen molar-refractivity contribution in [3.8, 4) is 0 Å². The van der Waals surface area contributed by atoms with E-state index >= 15 is 0 Å². The topological polar surface area (TPSA) is 178 Å². The number of hydrogen-bond donors (Lipinski definition) is 5. The summed E-state index contributed by atoms with van der Waals surface area (Å²) in [5.74, 6) is 5.45. The van der Waals surface area contributed by atoms with E-state index in [0.29, 0.717) is 16.5 Å². The van der Waals surface area contributed by atoms with Gasteiger partial charge in [0, 0.05) is 11.5 Å². The van der Waals surface area contributed by atoms with Crippen LogP contribution in [0.4, 0.5) is 11.6 Å². The van der Waals surface area contributed by atoms with Crippen LogP contribution in [0, 0.1) is 0 Å². The molecule has 0 radical (unpaired) electrons. The lowest BCUT2D eigenvalue weighted by molar-refractivity contribution is -0.667. The Hall–Kier alpha value is -2.18. The Morgan fingerprint density at radius 1 is 1.54 bits per heavy atom. The number of thioether (sulfide) groups is 2. The Kier molecular flexibility index (Phi) is 4.19. The maximum atomic E-state index is 11.9. The zero-order valence-electron chi connectivity index (χ0n) is 12.4. The Morgan fingerprint density at radius 2 is 2.25 bits per heavy atom. The minimum absolute atomic E-state index is 0.0154. The van der Waals surface area contributed by atoms with Gasteiger partial charge in [0.05, 0.1) is 6.07 Å². The van der Waals surface area contributed by atoms with E-state index in [-0.39, 0.29) is 34.4 Å². The van der Waals surface area contributed by atoms with E-state index in [1.54, 1.807) is 0 Å². The predicted octanol–water partition coefficient (Wildman–Crippen LogP) is -2.08. The van der Waals surface area contributed by atoms with E-state index in [0.717, 1.165) is 0 Å². The number of nitrogens with two attached hydrogens (primary N) is 4. The molecule has 3 heterocycles. The number of rotatable bonds is 4. The van der Waals surface area contributed by atoms with Gasteiger partial charge in [0.1, 0.15) is 17.1 Å². The van der Waals surface area contributed by atoms with E-state index in [1.165, 1.54) is 39.2 Å². The second-order valence-corrected chi connectivity index (χ2v) is 7.29. The standard InChI is InChI=1S/C12H15N7O3S2/c13-5-1-6(14)19(16)12(17-5)24-3-4-2-23-10-7(15)9(20)18(10)8(4)11(21)22/h1,7,10H,2-3,15-16H2,(H4,13,14,21,22)/p+1. The Morgan fingerprint density at radius 3 is 2.92 bits per heavy atom. The summed E-state index contributed by atoms with van der Waals surface area (Å²) in [7, 11) is 0. The summed E-state index contributed by atoms with van der Waals surface area (Å²) in [5, 5.41) is 9.51. The number of carboxylic acid groups (broad SMARTS) is 1. The van der Waals surface area contributed by atoms with E-state index < -0.39 is 12.0 Å². The van der Waals surface area contributed by atoms with E-state index in [2.05, 4.69) is 4.98 Å². The molecule has 3 rings (SSSR count).